The van der Waals surface area contributed by atoms with Crippen LogP contribution < -0.4 is 24.7 Å². The molecule has 9 aromatic carbocycles. The summed E-state index contributed by atoms with van der Waals surface area (Å²) in [4.78, 5) is 41.0. The zero-order valence-corrected chi connectivity index (χ0v) is 65.9. The molecule has 102 heavy (non-hydrogen) atoms. The van der Waals surface area contributed by atoms with Crippen LogP contribution >= 0.6 is 63.7 Å². The van der Waals surface area contributed by atoms with Crippen molar-refractivity contribution in [1.82, 2.24) is 9.55 Å². The Morgan fingerprint density at radius 2 is 0.814 bits per heavy atom. The molecule has 1 aromatic heterocycles. The summed E-state index contributed by atoms with van der Waals surface area (Å²) in [5.74, 6) is 5.23. The number of hydrogen-bond acceptors (Lipinski definition) is 9. The fourth-order valence-corrected chi connectivity index (χ4v) is 13.9. The van der Waals surface area contributed by atoms with E-state index >= 15 is 0 Å². The van der Waals surface area contributed by atoms with E-state index in [1.165, 1.54) is 87.8 Å². The second-order valence-corrected chi connectivity index (χ2v) is 29.7. The summed E-state index contributed by atoms with van der Waals surface area (Å²) in [7, 11) is 0. The van der Waals surface area contributed by atoms with E-state index in [0.29, 0.717) is 65.9 Å². The van der Waals surface area contributed by atoms with E-state index in [-0.39, 0.29) is 14.9 Å². The first-order valence-electron chi connectivity index (χ1n) is 36.1. The minimum Gasteiger partial charge on any atom is -0.493 e. The SMILES string of the molecule is C.C.CCCCC(CC)COc1ccc(-c2nc3c4cc(Br)ccc4c4ccc(Br)cc4c3n2-c2ccccc2)c(OCC(CC)CCCC)c1.CCCCC(CC)COc1ccc(C=O)c(OCC(CC)CCCC)c1.Nc1ccccc1.O=C1C(=O)c2cc(Br)ccc2-c2ccc(Br)cc21. The zero-order chi connectivity index (χ0) is 71.5. The number of Topliss-reactive ketones (excluding diaryl/α,β-unsaturated/α-hetero) is 2. The lowest BCUT2D eigenvalue weighted by atomic mass is 9.84. The van der Waals surface area contributed by atoms with Crippen molar-refractivity contribution in [2.45, 2.75) is 173 Å². The number of ketones is 2. The molecule has 0 saturated carbocycles. The molecule has 0 radical (unpaired) electrons. The molecule has 0 saturated heterocycles. The molecule has 10 nitrogen and oxygen atoms in total. The summed E-state index contributed by atoms with van der Waals surface area (Å²) < 4.78 is 31.3. The number of unbranched alkanes of at least 4 members (excludes halogenated alkanes) is 4. The van der Waals surface area contributed by atoms with E-state index in [0.717, 1.165) is 129 Å². The van der Waals surface area contributed by atoms with Gasteiger partial charge in [-0.2, -0.15) is 0 Å². The molecule has 0 fully saturated rings. The van der Waals surface area contributed by atoms with Crippen molar-refractivity contribution in [2.75, 3.05) is 32.2 Å². The molecule has 4 unspecified atom stereocenters. The van der Waals surface area contributed by atoms with Crippen LogP contribution in [0.5, 0.6) is 23.0 Å². The maximum absolute atomic E-state index is 12.1. The molecule has 0 aliphatic heterocycles. The van der Waals surface area contributed by atoms with Crippen molar-refractivity contribution >= 4 is 120 Å². The Balaban J connectivity index is 0.000000256. The summed E-state index contributed by atoms with van der Waals surface area (Å²) in [5, 5.41) is 4.63. The zero-order valence-electron chi connectivity index (χ0n) is 59.5. The lowest BCUT2D eigenvalue weighted by Crippen LogP contribution is -2.21. The summed E-state index contributed by atoms with van der Waals surface area (Å²) in [6.07, 6.45) is 19.8. The number of halogens is 4. The number of nitrogens with zero attached hydrogens (tertiary/aromatic N) is 2. The number of fused-ring (bicyclic) bond motifs is 9. The number of aromatic nitrogens is 2. The van der Waals surface area contributed by atoms with Gasteiger partial charge in [0.15, 0.2) is 6.29 Å². The number of aldehydes is 1. The molecular formula is C88H107Br4N3O7. The number of imidazole rings is 1. The highest BCUT2D eigenvalue weighted by Crippen LogP contribution is 2.44. The van der Waals surface area contributed by atoms with Crippen LogP contribution in [0.25, 0.3) is 60.8 Å². The number of hydrogen-bond donors (Lipinski definition) is 1. The monoisotopic (exact) mass is 1630 g/mol. The first-order chi connectivity index (χ1) is 48.6. The normalized spacial score (nSPS) is 12.5. The summed E-state index contributed by atoms with van der Waals surface area (Å²) in [6.45, 7) is 20.7. The Bertz CT molecular complexity index is 4210. The van der Waals surface area contributed by atoms with Crippen molar-refractivity contribution in [1.29, 1.82) is 0 Å². The van der Waals surface area contributed by atoms with E-state index in [2.05, 4.69) is 209 Å². The minimum absolute atomic E-state index is 0. The molecule has 1 aliphatic rings. The Hall–Kier alpha value is -7.10. The topological polar surface area (TPSA) is 132 Å². The van der Waals surface area contributed by atoms with Crippen LogP contribution in [0, 0.1) is 23.7 Å². The smallest absolute Gasteiger partial charge is 0.234 e. The number of para-hydroxylation sites is 2. The molecule has 1 aliphatic carbocycles. The standard InChI is InChI=1S/C43H48Br2N2O2.C23H38O3.C14H6Br2O2.C6H7N.2CH4/c1-5-9-14-29(7-3)27-48-34-20-23-37(40(26-34)49-28-30(8-4)15-10-6-2)43-46-41-38-24-31(44)18-21-35(38)36-22-19-32(45)25-39(36)42(41)47(43)33-16-12-11-13-17-33;1-5-9-11-19(7-3)17-25-22-14-13-21(16-24)23(15-22)26-18-20(8-4)12-10-6-2;15-7-1-3-9-10-4-2-8(16)6-12(10)14(18)13(17)11(9)5-7;7-6-4-2-1-3-5-6;;/h11-13,16-26,29-30H,5-10,14-15,27-28H2,1-4H3;13-16,19-20H,5-12,17-18H2,1-4H3;1-6H;1-5H,7H2;2*1H4. The van der Waals surface area contributed by atoms with E-state index < -0.39 is 11.6 Å². The molecule has 0 amide bonds. The van der Waals surface area contributed by atoms with E-state index in [1.807, 2.05) is 66.7 Å². The molecule has 10 aromatic rings. The number of anilines is 1. The molecule has 2 N–H and O–H groups in total. The third-order valence-electron chi connectivity index (χ3n) is 18.8. The molecule has 0 spiro atoms. The van der Waals surface area contributed by atoms with Gasteiger partial charge in [-0.05, 0) is 168 Å². The molecule has 14 heteroatoms. The average molecular weight is 1640 g/mol. The predicted molar refractivity (Wildman–Crippen MR) is 444 cm³/mol. The molecule has 1 heterocycles. The van der Waals surface area contributed by atoms with Gasteiger partial charge < -0.3 is 24.7 Å². The lowest BCUT2D eigenvalue weighted by molar-refractivity contribution is 0.0815. The van der Waals surface area contributed by atoms with E-state index in [9.17, 15) is 14.4 Å². The fraction of sp³-hybridized carbons (Fsp3) is 0.386. The second kappa shape index (κ2) is 43.2. The Morgan fingerprint density at radius 3 is 1.25 bits per heavy atom. The van der Waals surface area contributed by atoms with Crippen LogP contribution in [0.3, 0.4) is 0 Å². The van der Waals surface area contributed by atoms with Crippen molar-refractivity contribution in [3.63, 3.8) is 0 Å². The van der Waals surface area contributed by atoms with Gasteiger partial charge in [-0.3, -0.25) is 19.0 Å². The van der Waals surface area contributed by atoms with Gasteiger partial charge in [-0.1, -0.05) is 272 Å². The summed E-state index contributed by atoms with van der Waals surface area (Å²) in [5.41, 5.74) is 13.4. The third-order valence-corrected chi connectivity index (χ3v) is 20.8. The summed E-state index contributed by atoms with van der Waals surface area (Å²) in [6, 6.07) is 55.9. The van der Waals surface area contributed by atoms with Crippen LogP contribution in [-0.4, -0.2) is 53.8 Å². The predicted octanol–water partition coefficient (Wildman–Crippen LogP) is 27.2. The lowest BCUT2D eigenvalue weighted by Gasteiger charge is -2.20. The van der Waals surface area contributed by atoms with Crippen LogP contribution in [0.4, 0.5) is 5.69 Å². The van der Waals surface area contributed by atoms with Gasteiger partial charge in [0.1, 0.15) is 28.8 Å². The average Bonchev–Trinajstić information content (AvgIpc) is 1.53. The van der Waals surface area contributed by atoms with Crippen molar-refractivity contribution in [3.05, 3.63) is 204 Å². The van der Waals surface area contributed by atoms with E-state index in [1.54, 1.807) is 18.2 Å². The second-order valence-electron chi connectivity index (χ2n) is 26.0. The van der Waals surface area contributed by atoms with Gasteiger partial charge in [0, 0.05) is 63.3 Å². The van der Waals surface area contributed by atoms with Gasteiger partial charge in [0.05, 0.1) is 48.6 Å². The van der Waals surface area contributed by atoms with Crippen molar-refractivity contribution in [3.8, 4) is 51.2 Å². The van der Waals surface area contributed by atoms with E-state index in [4.69, 9.17) is 29.7 Å². The quantitative estimate of drug-likeness (QED) is 0.0195. The molecule has 4 atom stereocenters. The number of benzene rings is 9. The highest BCUT2D eigenvalue weighted by molar-refractivity contribution is 9.11. The largest absolute Gasteiger partial charge is 0.493 e. The van der Waals surface area contributed by atoms with Crippen LogP contribution in [-0.2, 0) is 0 Å². The van der Waals surface area contributed by atoms with Gasteiger partial charge in [-0.15, -0.1) is 0 Å². The molecule has 0 bridgehead atoms. The molecule has 11 rings (SSSR count). The van der Waals surface area contributed by atoms with Crippen molar-refractivity contribution < 1.29 is 33.3 Å². The first kappa shape index (κ1) is 83.8. The van der Waals surface area contributed by atoms with Crippen molar-refractivity contribution in [2.24, 2.45) is 23.7 Å². The summed E-state index contributed by atoms with van der Waals surface area (Å²) >= 11 is 14.2. The van der Waals surface area contributed by atoms with Crippen LogP contribution in [0.2, 0.25) is 0 Å². The maximum Gasteiger partial charge on any atom is 0.234 e. The number of nitrogen functional groups attached to an aromatic ring is 1. The Kier molecular flexibility index (Phi) is 35.5. The highest BCUT2D eigenvalue weighted by Gasteiger charge is 2.31. The first-order valence-corrected chi connectivity index (χ1v) is 39.3. The number of carbonyl (C=O) groups excluding carboxylic acids is 3. The Labute approximate surface area is 642 Å². The molecule has 544 valence electrons. The fourth-order valence-electron chi connectivity index (χ4n) is 12.5. The molecular weight excluding hydrogens is 1530 g/mol. The minimum atomic E-state index is -0.447. The van der Waals surface area contributed by atoms with Gasteiger partial charge >= 0.3 is 0 Å². The highest BCUT2D eigenvalue weighted by atomic mass is 79.9. The number of nitrogens with two attached hydrogens (primary N) is 1. The number of rotatable bonds is 31. The van der Waals surface area contributed by atoms with Crippen LogP contribution in [0.1, 0.15) is 204 Å². The van der Waals surface area contributed by atoms with Crippen LogP contribution in [0.15, 0.2) is 188 Å². The number of ether oxygens (including phenoxy) is 4. The van der Waals surface area contributed by atoms with Gasteiger partial charge in [-0.25, -0.2) is 4.98 Å². The third kappa shape index (κ3) is 22.9. The van der Waals surface area contributed by atoms with Gasteiger partial charge in [0.2, 0.25) is 11.6 Å². The Morgan fingerprint density at radius 1 is 0.422 bits per heavy atom. The van der Waals surface area contributed by atoms with Gasteiger partial charge in [0.25, 0.3) is 0 Å². The number of carbonyl (C=O) groups is 3. The maximum atomic E-state index is 12.1.